The lowest BCUT2D eigenvalue weighted by Gasteiger charge is -2.42. The van der Waals surface area contributed by atoms with Crippen molar-refractivity contribution in [2.75, 3.05) is 6.54 Å². The van der Waals surface area contributed by atoms with Gasteiger partial charge in [0.15, 0.2) is 0 Å². The van der Waals surface area contributed by atoms with E-state index in [-0.39, 0.29) is 34.8 Å². The largest absolute Gasteiger partial charge is 0.329 e. The van der Waals surface area contributed by atoms with Gasteiger partial charge in [0.2, 0.25) is 10.0 Å². The topological polar surface area (TPSA) is 72.2 Å². The van der Waals surface area contributed by atoms with Crippen LogP contribution >= 0.6 is 24.0 Å². The van der Waals surface area contributed by atoms with Gasteiger partial charge in [-0.05, 0) is 37.0 Å². The predicted molar refractivity (Wildman–Crippen MR) is 88.4 cm³/mol. The van der Waals surface area contributed by atoms with E-state index >= 15 is 0 Å². The van der Waals surface area contributed by atoms with Crippen LogP contribution in [0.25, 0.3) is 0 Å². The highest BCUT2D eigenvalue weighted by Gasteiger charge is 2.41. The van der Waals surface area contributed by atoms with Gasteiger partial charge in [-0.2, -0.15) is 0 Å². The number of hydrogen-bond donors (Lipinski definition) is 2. The van der Waals surface area contributed by atoms with E-state index in [1.807, 2.05) is 6.92 Å². The second-order valence-electron chi connectivity index (χ2n) is 5.69. The van der Waals surface area contributed by atoms with Gasteiger partial charge < -0.3 is 5.73 Å². The minimum absolute atomic E-state index is 0. The van der Waals surface area contributed by atoms with E-state index in [4.69, 9.17) is 17.3 Å². The highest BCUT2D eigenvalue weighted by molar-refractivity contribution is 7.89. The molecule has 0 spiro atoms. The van der Waals surface area contributed by atoms with Crippen LogP contribution in [0.2, 0.25) is 5.02 Å². The third-order valence-electron chi connectivity index (χ3n) is 4.34. The summed E-state index contributed by atoms with van der Waals surface area (Å²) in [6, 6.07) is 3.26. The van der Waals surface area contributed by atoms with Crippen molar-refractivity contribution in [1.29, 1.82) is 0 Å². The van der Waals surface area contributed by atoms with Crippen LogP contribution < -0.4 is 10.5 Å². The van der Waals surface area contributed by atoms with Gasteiger partial charge in [0, 0.05) is 12.1 Å². The Morgan fingerprint density at radius 2 is 2.14 bits per heavy atom. The highest BCUT2D eigenvalue weighted by atomic mass is 35.5. The molecular weight excluding hydrogens is 350 g/mol. The first-order chi connectivity index (χ1) is 9.81. The number of sulfonamides is 1. The maximum Gasteiger partial charge on any atom is 0.242 e. The molecule has 1 aromatic carbocycles. The number of rotatable bonds is 4. The molecule has 0 aromatic heterocycles. The first-order valence-corrected chi connectivity index (χ1v) is 8.86. The number of halogens is 3. The van der Waals surface area contributed by atoms with Gasteiger partial charge in [0.25, 0.3) is 0 Å². The summed E-state index contributed by atoms with van der Waals surface area (Å²) in [4.78, 5) is -0.115. The SMILES string of the molecule is CC1CCCCC1(CN)NS(=O)(=O)c1ccc(F)cc1Cl.Cl. The minimum atomic E-state index is -3.84. The van der Waals surface area contributed by atoms with E-state index in [9.17, 15) is 12.8 Å². The summed E-state index contributed by atoms with van der Waals surface area (Å²) in [5.41, 5.74) is 5.20. The average Bonchev–Trinajstić information content (AvgIpc) is 2.40. The fourth-order valence-corrected chi connectivity index (χ4v) is 4.99. The molecule has 1 fully saturated rings. The first-order valence-electron chi connectivity index (χ1n) is 7.00. The Kier molecular flexibility index (Phi) is 6.65. The average molecular weight is 371 g/mol. The summed E-state index contributed by atoms with van der Waals surface area (Å²) in [6.45, 7) is 2.23. The molecule has 2 unspecified atom stereocenters. The maximum absolute atomic E-state index is 13.1. The van der Waals surface area contributed by atoms with E-state index in [0.29, 0.717) is 6.42 Å². The van der Waals surface area contributed by atoms with E-state index in [0.717, 1.165) is 31.4 Å². The molecule has 1 saturated carbocycles. The zero-order valence-electron chi connectivity index (χ0n) is 12.3. The lowest BCUT2D eigenvalue weighted by atomic mass is 9.74. The molecule has 0 heterocycles. The van der Waals surface area contributed by atoms with Gasteiger partial charge >= 0.3 is 0 Å². The monoisotopic (exact) mass is 370 g/mol. The number of hydrogen-bond acceptors (Lipinski definition) is 3. The van der Waals surface area contributed by atoms with E-state index in [2.05, 4.69) is 4.72 Å². The van der Waals surface area contributed by atoms with Crippen molar-refractivity contribution >= 4 is 34.0 Å². The van der Waals surface area contributed by atoms with Crippen molar-refractivity contribution in [3.8, 4) is 0 Å². The molecular formula is C14H21Cl2FN2O2S. The maximum atomic E-state index is 13.1. The lowest BCUT2D eigenvalue weighted by Crippen LogP contribution is -2.58. The molecule has 0 bridgehead atoms. The molecule has 126 valence electrons. The number of nitrogens with two attached hydrogens (primary N) is 1. The fraction of sp³-hybridized carbons (Fsp3) is 0.571. The molecule has 0 amide bonds. The van der Waals surface area contributed by atoms with Gasteiger partial charge in [-0.1, -0.05) is 31.4 Å². The van der Waals surface area contributed by atoms with Gasteiger partial charge in [0.1, 0.15) is 10.7 Å². The zero-order valence-corrected chi connectivity index (χ0v) is 14.7. The van der Waals surface area contributed by atoms with E-state index in [1.165, 1.54) is 6.07 Å². The Morgan fingerprint density at radius 1 is 1.45 bits per heavy atom. The van der Waals surface area contributed by atoms with Crippen LogP contribution in [0.1, 0.15) is 32.6 Å². The van der Waals surface area contributed by atoms with E-state index < -0.39 is 21.4 Å². The van der Waals surface area contributed by atoms with Crippen LogP contribution in [0.15, 0.2) is 23.1 Å². The molecule has 3 N–H and O–H groups in total. The molecule has 0 aliphatic heterocycles. The summed E-state index contributed by atoms with van der Waals surface area (Å²) in [6.07, 6.45) is 3.63. The third-order valence-corrected chi connectivity index (χ3v) is 6.37. The molecule has 1 aliphatic carbocycles. The summed E-state index contributed by atoms with van der Waals surface area (Å²) < 4.78 is 40.9. The molecule has 0 saturated heterocycles. The van der Waals surface area contributed by atoms with Gasteiger partial charge in [-0.15, -0.1) is 12.4 Å². The van der Waals surface area contributed by atoms with Crippen molar-refractivity contribution < 1.29 is 12.8 Å². The third kappa shape index (κ3) is 3.92. The number of nitrogens with one attached hydrogen (secondary N) is 1. The standard InChI is InChI=1S/C14H20ClFN2O2S.ClH/c1-10-4-2-3-7-14(10,9-17)18-21(19,20)13-6-5-11(16)8-12(13)15;/h5-6,8,10,18H,2-4,7,9,17H2,1H3;1H. The second kappa shape index (κ2) is 7.45. The van der Waals surface area contributed by atoms with E-state index in [1.54, 1.807) is 0 Å². The van der Waals surface area contributed by atoms with Crippen LogP contribution in [0.3, 0.4) is 0 Å². The minimum Gasteiger partial charge on any atom is -0.329 e. The zero-order chi connectivity index (χ0) is 15.7. The second-order valence-corrected chi connectivity index (χ2v) is 7.75. The van der Waals surface area contributed by atoms with Crippen LogP contribution in [0.4, 0.5) is 4.39 Å². The molecule has 1 aromatic rings. The molecule has 8 heteroatoms. The molecule has 2 rings (SSSR count). The highest BCUT2D eigenvalue weighted by Crippen LogP contribution is 2.35. The lowest BCUT2D eigenvalue weighted by molar-refractivity contribution is 0.191. The van der Waals surface area contributed by atoms with Gasteiger partial charge in [-0.25, -0.2) is 17.5 Å². The molecule has 22 heavy (non-hydrogen) atoms. The first kappa shape index (κ1) is 19.6. The van der Waals surface area contributed by atoms with Crippen LogP contribution in [0.5, 0.6) is 0 Å². The van der Waals surface area contributed by atoms with Crippen molar-refractivity contribution in [3.63, 3.8) is 0 Å². The fourth-order valence-electron chi connectivity index (χ4n) is 2.93. The Morgan fingerprint density at radius 3 is 2.68 bits per heavy atom. The quantitative estimate of drug-likeness (QED) is 0.854. The molecule has 1 aliphatic rings. The van der Waals surface area contributed by atoms with Crippen LogP contribution in [-0.2, 0) is 10.0 Å². The summed E-state index contributed by atoms with van der Waals surface area (Å²) in [5.74, 6) is -0.427. The Balaban J connectivity index is 0.00000242. The van der Waals surface area contributed by atoms with Crippen molar-refractivity contribution in [2.45, 2.75) is 43.0 Å². The van der Waals surface area contributed by atoms with Gasteiger partial charge in [-0.3, -0.25) is 0 Å². The summed E-state index contributed by atoms with van der Waals surface area (Å²) in [5, 5.41) is -0.127. The molecule has 2 atom stereocenters. The summed E-state index contributed by atoms with van der Waals surface area (Å²) in [7, 11) is -3.84. The Hall–Kier alpha value is -0.400. The Labute approximate surface area is 142 Å². The van der Waals surface area contributed by atoms with Crippen LogP contribution in [-0.4, -0.2) is 20.5 Å². The van der Waals surface area contributed by atoms with Crippen molar-refractivity contribution in [2.24, 2.45) is 11.7 Å². The van der Waals surface area contributed by atoms with Gasteiger partial charge in [0.05, 0.1) is 5.02 Å². The smallest absolute Gasteiger partial charge is 0.242 e. The van der Waals surface area contributed by atoms with Crippen molar-refractivity contribution in [1.82, 2.24) is 4.72 Å². The number of benzene rings is 1. The predicted octanol–water partition coefficient (Wildman–Crippen LogP) is 3.09. The normalized spacial score (nSPS) is 25.5. The van der Waals surface area contributed by atoms with Crippen LogP contribution in [0, 0.1) is 11.7 Å². The Bertz CT molecular complexity index is 627. The van der Waals surface area contributed by atoms with Crippen molar-refractivity contribution in [3.05, 3.63) is 29.0 Å². The molecule has 0 radical (unpaired) electrons. The summed E-state index contributed by atoms with van der Waals surface area (Å²) >= 11 is 5.87. The molecule has 4 nitrogen and oxygen atoms in total.